The fourth-order valence-electron chi connectivity index (χ4n) is 2.79. The molecule has 4 heteroatoms. The van der Waals surface area contributed by atoms with Crippen LogP contribution in [0.1, 0.15) is 89.5 Å². The van der Waals surface area contributed by atoms with E-state index < -0.39 is 0 Å². The van der Waals surface area contributed by atoms with Crippen molar-refractivity contribution in [1.29, 1.82) is 0 Å². The lowest BCUT2D eigenvalue weighted by Crippen LogP contribution is -2.16. The maximum atomic E-state index is 11.7. The first-order valence-corrected chi connectivity index (χ1v) is 9.83. The van der Waals surface area contributed by atoms with Gasteiger partial charge < -0.3 is 5.11 Å². The molecule has 0 unspecified atom stereocenters. The number of amides is 1. The summed E-state index contributed by atoms with van der Waals surface area (Å²) in [6.07, 6.45) is 16.1. The lowest BCUT2D eigenvalue weighted by atomic mass is 10.1. The largest absolute Gasteiger partial charge is 0.508 e. The van der Waals surface area contributed by atoms with Crippen molar-refractivity contribution in [1.82, 2.24) is 5.43 Å². The number of nitrogens with one attached hydrogen (secondary N) is 1. The Balaban J connectivity index is 1.93. The Kier molecular flexibility index (Phi) is 12.3. The minimum atomic E-state index is -0.0488. The molecule has 1 aromatic carbocycles. The van der Waals surface area contributed by atoms with Crippen LogP contribution < -0.4 is 5.43 Å². The molecule has 0 aliphatic carbocycles. The maximum Gasteiger partial charge on any atom is 0.240 e. The zero-order valence-corrected chi connectivity index (χ0v) is 15.7. The van der Waals surface area contributed by atoms with Gasteiger partial charge in [-0.3, -0.25) is 4.79 Å². The first-order valence-electron chi connectivity index (χ1n) is 9.83. The zero-order valence-electron chi connectivity index (χ0n) is 15.7. The molecule has 0 fully saturated rings. The summed E-state index contributed by atoms with van der Waals surface area (Å²) in [7, 11) is 0. The van der Waals surface area contributed by atoms with Crippen molar-refractivity contribution in [2.24, 2.45) is 5.10 Å². The Bertz CT molecular complexity index is 500. The number of hydrazone groups is 1. The number of hydrogen-bond donors (Lipinski definition) is 2. The highest BCUT2D eigenvalue weighted by molar-refractivity contribution is 5.82. The third-order valence-corrected chi connectivity index (χ3v) is 4.28. The van der Waals surface area contributed by atoms with E-state index in [0.29, 0.717) is 6.42 Å². The Hall–Kier alpha value is -1.84. The Morgan fingerprint density at radius 1 is 1.00 bits per heavy atom. The molecule has 0 atom stereocenters. The number of phenols is 1. The molecule has 1 aromatic rings. The minimum absolute atomic E-state index is 0.0488. The molecule has 0 aliphatic rings. The second kappa shape index (κ2) is 14.5. The number of hydrogen-bond acceptors (Lipinski definition) is 3. The van der Waals surface area contributed by atoms with Crippen molar-refractivity contribution in [3.8, 4) is 5.75 Å². The molecule has 140 valence electrons. The lowest BCUT2D eigenvalue weighted by molar-refractivity contribution is -0.121. The van der Waals surface area contributed by atoms with E-state index in [1.54, 1.807) is 18.2 Å². The molecule has 2 N–H and O–H groups in total. The van der Waals surface area contributed by atoms with Crippen molar-refractivity contribution in [2.75, 3.05) is 0 Å². The second-order valence-corrected chi connectivity index (χ2v) is 6.67. The van der Waals surface area contributed by atoms with Gasteiger partial charge >= 0.3 is 0 Å². The Morgan fingerprint density at radius 2 is 1.60 bits per heavy atom. The van der Waals surface area contributed by atoms with Crippen molar-refractivity contribution < 1.29 is 9.90 Å². The van der Waals surface area contributed by atoms with E-state index in [-0.39, 0.29) is 11.7 Å². The maximum absolute atomic E-state index is 11.7. The number of benzene rings is 1. The fourth-order valence-corrected chi connectivity index (χ4v) is 2.79. The standard InChI is InChI=1S/C21H34N2O2/c1-2-3-4-5-6-7-8-9-10-11-12-16-21(25)23-22-18-19-14-13-15-20(24)17-19/h13-15,17-18,24H,2-12,16H2,1H3,(H,23,25)/b22-18-. The molecule has 0 saturated heterocycles. The quantitative estimate of drug-likeness (QED) is 0.264. The first kappa shape index (κ1) is 21.2. The van der Waals surface area contributed by atoms with E-state index in [9.17, 15) is 9.90 Å². The molecule has 0 radical (unpaired) electrons. The monoisotopic (exact) mass is 346 g/mol. The van der Waals surface area contributed by atoms with Gasteiger partial charge in [0.1, 0.15) is 5.75 Å². The summed E-state index contributed by atoms with van der Waals surface area (Å²) in [5.41, 5.74) is 3.29. The van der Waals surface area contributed by atoms with Gasteiger partial charge in [0, 0.05) is 6.42 Å². The van der Waals surface area contributed by atoms with Crippen LogP contribution in [0.5, 0.6) is 5.75 Å². The van der Waals surface area contributed by atoms with Crippen LogP contribution in [0.2, 0.25) is 0 Å². The molecule has 0 spiro atoms. The predicted molar refractivity (Wildman–Crippen MR) is 105 cm³/mol. The van der Waals surface area contributed by atoms with Gasteiger partial charge in [0.25, 0.3) is 0 Å². The summed E-state index contributed by atoms with van der Waals surface area (Å²) in [6, 6.07) is 6.75. The topological polar surface area (TPSA) is 61.7 Å². The van der Waals surface area contributed by atoms with Crippen LogP contribution in [-0.2, 0) is 4.79 Å². The van der Waals surface area contributed by atoms with Gasteiger partial charge in [0.05, 0.1) is 6.21 Å². The van der Waals surface area contributed by atoms with Crippen LogP contribution in [0.3, 0.4) is 0 Å². The molecule has 0 aromatic heterocycles. The fraction of sp³-hybridized carbons (Fsp3) is 0.619. The summed E-state index contributed by atoms with van der Waals surface area (Å²) in [5, 5.41) is 13.3. The highest BCUT2D eigenvalue weighted by Crippen LogP contribution is 2.12. The van der Waals surface area contributed by atoms with Crippen molar-refractivity contribution in [3.63, 3.8) is 0 Å². The summed E-state index contributed by atoms with van der Waals surface area (Å²) in [6.45, 7) is 2.25. The molecule has 0 heterocycles. The molecular formula is C21H34N2O2. The molecule has 25 heavy (non-hydrogen) atoms. The van der Waals surface area contributed by atoms with Crippen LogP contribution in [0.4, 0.5) is 0 Å². The van der Waals surface area contributed by atoms with E-state index in [1.807, 2.05) is 6.07 Å². The van der Waals surface area contributed by atoms with Crippen LogP contribution in [-0.4, -0.2) is 17.2 Å². The summed E-state index contributed by atoms with van der Waals surface area (Å²) in [4.78, 5) is 11.7. The van der Waals surface area contributed by atoms with Crippen LogP contribution >= 0.6 is 0 Å². The molecule has 0 saturated carbocycles. The van der Waals surface area contributed by atoms with Gasteiger partial charge in [-0.25, -0.2) is 5.43 Å². The smallest absolute Gasteiger partial charge is 0.240 e. The van der Waals surface area contributed by atoms with E-state index in [1.165, 1.54) is 64.0 Å². The SMILES string of the molecule is CCCCCCCCCCCCCC(=O)N/N=C\c1cccc(O)c1. The van der Waals surface area contributed by atoms with Gasteiger partial charge in [-0.05, 0) is 24.1 Å². The van der Waals surface area contributed by atoms with E-state index in [4.69, 9.17) is 0 Å². The molecular weight excluding hydrogens is 312 g/mol. The molecule has 1 amide bonds. The highest BCUT2D eigenvalue weighted by Gasteiger charge is 1.99. The normalized spacial score (nSPS) is 11.1. The van der Waals surface area contributed by atoms with Gasteiger partial charge in [-0.1, -0.05) is 83.3 Å². The van der Waals surface area contributed by atoms with Crippen LogP contribution in [0.15, 0.2) is 29.4 Å². The molecule has 0 bridgehead atoms. The minimum Gasteiger partial charge on any atom is -0.508 e. The third kappa shape index (κ3) is 12.2. The average Bonchev–Trinajstić information content (AvgIpc) is 2.60. The zero-order chi connectivity index (χ0) is 18.2. The van der Waals surface area contributed by atoms with E-state index in [2.05, 4.69) is 17.5 Å². The van der Waals surface area contributed by atoms with Crippen LogP contribution in [0, 0.1) is 0 Å². The van der Waals surface area contributed by atoms with Crippen molar-refractivity contribution >= 4 is 12.1 Å². The average molecular weight is 347 g/mol. The van der Waals surface area contributed by atoms with Crippen molar-refractivity contribution in [3.05, 3.63) is 29.8 Å². The Labute approximate surface area is 152 Å². The van der Waals surface area contributed by atoms with Gasteiger partial charge in [-0.2, -0.15) is 5.10 Å². The number of nitrogens with zero attached hydrogens (tertiary/aromatic N) is 1. The van der Waals surface area contributed by atoms with Gasteiger partial charge in [0.2, 0.25) is 5.91 Å². The lowest BCUT2D eigenvalue weighted by Gasteiger charge is -2.02. The number of unbranched alkanes of at least 4 members (excludes halogenated alkanes) is 10. The molecule has 0 aliphatic heterocycles. The highest BCUT2D eigenvalue weighted by atomic mass is 16.3. The number of carbonyl (C=O) groups is 1. The number of carbonyl (C=O) groups excluding carboxylic acids is 1. The summed E-state index contributed by atoms with van der Waals surface area (Å²) < 4.78 is 0. The predicted octanol–water partition coefficient (Wildman–Crippen LogP) is 5.54. The summed E-state index contributed by atoms with van der Waals surface area (Å²) >= 11 is 0. The second-order valence-electron chi connectivity index (χ2n) is 6.67. The Morgan fingerprint density at radius 3 is 2.20 bits per heavy atom. The van der Waals surface area contributed by atoms with Gasteiger partial charge in [0.15, 0.2) is 0 Å². The van der Waals surface area contributed by atoms with E-state index in [0.717, 1.165) is 18.4 Å². The van der Waals surface area contributed by atoms with E-state index >= 15 is 0 Å². The number of phenolic OH excluding ortho intramolecular Hbond substituents is 1. The molecule has 1 rings (SSSR count). The van der Waals surface area contributed by atoms with Crippen LogP contribution in [0.25, 0.3) is 0 Å². The number of rotatable bonds is 14. The number of aromatic hydroxyl groups is 1. The molecule has 4 nitrogen and oxygen atoms in total. The first-order chi connectivity index (χ1) is 12.2. The third-order valence-electron chi connectivity index (χ3n) is 4.28. The summed E-state index contributed by atoms with van der Waals surface area (Å²) in [5.74, 6) is 0.142. The van der Waals surface area contributed by atoms with Gasteiger partial charge in [-0.15, -0.1) is 0 Å². The van der Waals surface area contributed by atoms with Crippen molar-refractivity contribution in [2.45, 2.75) is 84.0 Å².